The molecule has 1 aromatic carbocycles. The van der Waals surface area contributed by atoms with E-state index in [1.54, 1.807) is 6.92 Å². The molecular formula is C22H29ClN4O4. The Balaban J connectivity index is 0.00000341. The van der Waals surface area contributed by atoms with Crippen LogP contribution in [-0.2, 0) is 9.53 Å². The Morgan fingerprint density at radius 2 is 1.97 bits per heavy atom. The topological polar surface area (TPSA) is 95.6 Å². The van der Waals surface area contributed by atoms with Gasteiger partial charge in [0.2, 0.25) is 6.41 Å². The molecule has 1 N–H and O–H groups in total. The second-order valence-corrected chi connectivity index (χ2v) is 7.54. The predicted molar refractivity (Wildman–Crippen MR) is 121 cm³/mol. The van der Waals surface area contributed by atoms with Gasteiger partial charge < -0.3 is 14.6 Å². The van der Waals surface area contributed by atoms with Crippen LogP contribution in [0, 0.1) is 6.92 Å². The van der Waals surface area contributed by atoms with Crippen LogP contribution in [0.3, 0.4) is 0 Å². The summed E-state index contributed by atoms with van der Waals surface area (Å²) in [4.78, 5) is 45.6. The number of ether oxygens (including phenoxy) is 1. The van der Waals surface area contributed by atoms with E-state index in [9.17, 15) is 14.4 Å². The number of esters is 1. The first-order chi connectivity index (χ1) is 14.5. The van der Waals surface area contributed by atoms with E-state index in [2.05, 4.69) is 39.1 Å². The van der Waals surface area contributed by atoms with Gasteiger partial charge in [0, 0.05) is 12.2 Å². The highest BCUT2D eigenvalue weighted by atomic mass is 35.5. The number of aromatic amines is 1. The van der Waals surface area contributed by atoms with Crippen LogP contribution in [-0.4, -0.2) is 60.5 Å². The summed E-state index contributed by atoms with van der Waals surface area (Å²) in [6.45, 7) is 4.80. The molecule has 9 heteroatoms. The minimum absolute atomic E-state index is 0. The number of likely N-dealkylation sites (tertiary alicyclic amines) is 1. The summed E-state index contributed by atoms with van der Waals surface area (Å²) < 4.78 is 4.79. The minimum atomic E-state index is -0.638. The summed E-state index contributed by atoms with van der Waals surface area (Å²) in [6.07, 6.45) is 3.55. The predicted octanol–water partition coefficient (Wildman–Crippen LogP) is 2.52. The van der Waals surface area contributed by atoms with Crippen LogP contribution in [0.15, 0.2) is 35.1 Å². The number of aromatic nitrogens is 2. The summed E-state index contributed by atoms with van der Waals surface area (Å²) in [5.74, 6) is 0.00160. The molecule has 1 saturated heterocycles. The van der Waals surface area contributed by atoms with Crippen molar-refractivity contribution in [1.29, 1.82) is 0 Å². The molecule has 0 radical (unpaired) electrons. The molecule has 2 aromatic rings. The van der Waals surface area contributed by atoms with Gasteiger partial charge in [-0.1, -0.05) is 30.3 Å². The molecular weight excluding hydrogens is 420 g/mol. The number of piperidine rings is 1. The Bertz CT molecular complexity index is 927. The number of anilines is 1. The van der Waals surface area contributed by atoms with Gasteiger partial charge >= 0.3 is 11.7 Å². The van der Waals surface area contributed by atoms with Crippen molar-refractivity contribution in [3.63, 3.8) is 0 Å². The number of carbonyl (C=O) groups excluding carboxylic acids is 2. The number of hydrogen-bond acceptors (Lipinski definition) is 6. The molecule has 0 unspecified atom stereocenters. The summed E-state index contributed by atoms with van der Waals surface area (Å²) in [5.41, 5.74) is 1.22. The van der Waals surface area contributed by atoms with Crippen molar-refractivity contribution in [3.05, 3.63) is 57.6 Å². The number of nitrogens with zero attached hydrogens (tertiary/aromatic N) is 3. The van der Waals surface area contributed by atoms with Crippen molar-refractivity contribution in [3.8, 4) is 0 Å². The van der Waals surface area contributed by atoms with Gasteiger partial charge in [-0.15, -0.1) is 12.4 Å². The van der Waals surface area contributed by atoms with E-state index in [1.807, 2.05) is 6.07 Å². The van der Waals surface area contributed by atoms with E-state index < -0.39 is 11.7 Å². The Morgan fingerprint density at radius 3 is 2.58 bits per heavy atom. The molecule has 3 rings (SSSR count). The van der Waals surface area contributed by atoms with Crippen LogP contribution in [0.5, 0.6) is 0 Å². The third kappa shape index (κ3) is 6.15. The van der Waals surface area contributed by atoms with Crippen molar-refractivity contribution < 1.29 is 14.3 Å². The van der Waals surface area contributed by atoms with Crippen molar-refractivity contribution in [1.82, 2.24) is 14.9 Å². The van der Waals surface area contributed by atoms with Gasteiger partial charge in [0.15, 0.2) is 5.82 Å². The number of methoxy groups -OCH3 is 1. The lowest BCUT2D eigenvalue weighted by molar-refractivity contribution is -0.107. The molecule has 1 aliphatic rings. The summed E-state index contributed by atoms with van der Waals surface area (Å²) >= 11 is 0. The first-order valence-electron chi connectivity index (χ1n) is 10.2. The van der Waals surface area contributed by atoms with E-state index in [1.165, 1.54) is 17.6 Å². The monoisotopic (exact) mass is 448 g/mol. The van der Waals surface area contributed by atoms with Crippen LogP contribution < -0.4 is 10.6 Å². The molecule has 1 fully saturated rings. The Morgan fingerprint density at radius 1 is 1.29 bits per heavy atom. The molecule has 2 heterocycles. The van der Waals surface area contributed by atoms with Gasteiger partial charge in [0.05, 0.1) is 7.11 Å². The average Bonchev–Trinajstić information content (AvgIpc) is 2.77. The summed E-state index contributed by atoms with van der Waals surface area (Å²) in [5, 5.41) is 0. The number of amides is 1. The molecule has 1 aromatic heterocycles. The number of benzene rings is 1. The van der Waals surface area contributed by atoms with E-state index in [-0.39, 0.29) is 23.8 Å². The second-order valence-electron chi connectivity index (χ2n) is 7.54. The summed E-state index contributed by atoms with van der Waals surface area (Å²) in [6, 6.07) is 10.6. The van der Waals surface area contributed by atoms with E-state index in [0.29, 0.717) is 31.0 Å². The molecule has 168 valence electrons. The first-order valence-corrected chi connectivity index (χ1v) is 10.2. The van der Waals surface area contributed by atoms with E-state index in [4.69, 9.17) is 4.74 Å². The van der Waals surface area contributed by atoms with Gasteiger partial charge in [-0.3, -0.25) is 9.69 Å². The molecule has 0 spiro atoms. The maximum absolute atomic E-state index is 12.1. The standard InChI is InChI=1S/C22H28N4O4.ClH/c1-16-19(21(28)30-2)20(24-22(29)23-16)26(15-27)12-6-11-25-13-9-18(10-14-25)17-7-4-3-5-8-17;/h3-5,7-8,15,18H,6,9-14H2,1-2H3,(H,23,24,29);1H. The van der Waals surface area contributed by atoms with Gasteiger partial charge in [-0.2, -0.15) is 4.98 Å². The Labute approximate surface area is 188 Å². The van der Waals surface area contributed by atoms with E-state index in [0.717, 1.165) is 32.5 Å². The van der Waals surface area contributed by atoms with Crippen molar-refractivity contribution in [2.24, 2.45) is 0 Å². The minimum Gasteiger partial charge on any atom is -0.465 e. The molecule has 0 saturated carbocycles. The largest absolute Gasteiger partial charge is 0.465 e. The van der Waals surface area contributed by atoms with Gasteiger partial charge in [0.25, 0.3) is 0 Å². The zero-order valence-electron chi connectivity index (χ0n) is 17.9. The normalized spacial score (nSPS) is 14.5. The highest BCUT2D eigenvalue weighted by molar-refractivity contribution is 5.98. The highest BCUT2D eigenvalue weighted by Crippen LogP contribution is 2.27. The maximum Gasteiger partial charge on any atom is 0.347 e. The molecule has 31 heavy (non-hydrogen) atoms. The maximum atomic E-state index is 12.1. The molecule has 0 atom stereocenters. The number of halogens is 1. The van der Waals surface area contributed by atoms with Crippen LogP contribution in [0.4, 0.5) is 5.82 Å². The lowest BCUT2D eigenvalue weighted by Crippen LogP contribution is -2.36. The van der Waals surface area contributed by atoms with Crippen LogP contribution in [0.25, 0.3) is 0 Å². The van der Waals surface area contributed by atoms with Crippen LogP contribution >= 0.6 is 12.4 Å². The number of nitrogens with one attached hydrogen (secondary N) is 1. The number of carbonyl (C=O) groups is 2. The second kappa shape index (κ2) is 11.6. The fraction of sp³-hybridized carbons (Fsp3) is 0.455. The zero-order chi connectivity index (χ0) is 21.5. The number of rotatable bonds is 8. The van der Waals surface area contributed by atoms with Gasteiger partial charge in [-0.05, 0) is 57.3 Å². The van der Waals surface area contributed by atoms with Crippen LogP contribution in [0.2, 0.25) is 0 Å². The Kier molecular flexibility index (Phi) is 9.21. The third-order valence-corrected chi connectivity index (χ3v) is 5.62. The molecule has 0 bridgehead atoms. The first kappa shape index (κ1) is 24.6. The molecule has 0 aliphatic carbocycles. The van der Waals surface area contributed by atoms with E-state index >= 15 is 0 Å². The average molecular weight is 449 g/mol. The number of hydrogen-bond donors (Lipinski definition) is 1. The van der Waals surface area contributed by atoms with Crippen molar-refractivity contribution >= 4 is 30.6 Å². The molecule has 8 nitrogen and oxygen atoms in total. The van der Waals surface area contributed by atoms with Crippen molar-refractivity contribution in [2.75, 3.05) is 38.2 Å². The third-order valence-electron chi connectivity index (χ3n) is 5.62. The lowest BCUT2D eigenvalue weighted by atomic mass is 9.89. The SMILES string of the molecule is COC(=O)c1c(N(C=O)CCCN2CCC(c3ccccc3)CC2)nc(=O)[nH]c1C.Cl. The zero-order valence-corrected chi connectivity index (χ0v) is 18.7. The Hall–Kier alpha value is -2.71. The fourth-order valence-electron chi connectivity index (χ4n) is 4.01. The lowest BCUT2D eigenvalue weighted by Gasteiger charge is -2.32. The highest BCUT2D eigenvalue weighted by Gasteiger charge is 2.24. The van der Waals surface area contributed by atoms with Gasteiger partial charge in [0.1, 0.15) is 5.56 Å². The van der Waals surface area contributed by atoms with Gasteiger partial charge in [-0.25, -0.2) is 9.59 Å². The van der Waals surface area contributed by atoms with Crippen LogP contribution in [0.1, 0.15) is 46.8 Å². The van der Waals surface area contributed by atoms with Crippen molar-refractivity contribution in [2.45, 2.75) is 32.1 Å². The number of aryl methyl sites for hydroxylation is 1. The quantitative estimate of drug-likeness (QED) is 0.492. The fourth-order valence-corrected chi connectivity index (χ4v) is 4.01. The smallest absolute Gasteiger partial charge is 0.347 e. The molecule has 1 amide bonds. The summed E-state index contributed by atoms with van der Waals surface area (Å²) in [7, 11) is 1.25. The number of H-pyrrole nitrogens is 1. The molecule has 1 aliphatic heterocycles.